The Labute approximate surface area is 333 Å². The molecule has 0 spiro atoms. The van der Waals surface area contributed by atoms with Gasteiger partial charge in [0.25, 0.3) is 0 Å². The van der Waals surface area contributed by atoms with Crippen LogP contribution in [0.15, 0.2) is 30.3 Å². The van der Waals surface area contributed by atoms with Crippen LogP contribution in [0.1, 0.15) is 103 Å². The summed E-state index contributed by atoms with van der Waals surface area (Å²) in [6.07, 6.45) is 10.3. The molecule has 10 atom stereocenters. The number of ether oxygens (including phenoxy) is 5. The van der Waals surface area contributed by atoms with E-state index in [0.717, 1.165) is 56.1 Å². The Kier molecular flexibility index (Phi) is 10.3. The summed E-state index contributed by atoms with van der Waals surface area (Å²) >= 11 is 0. The van der Waals surface area contributed by atoms with E-state index in [1.807, 2.05) is 12.1 Å². The first-order chi connectivity index (χ1) is 27.3. The lowest BCUT2D eigenvalue weighted by Crippen LogP contribution is -2.69. The van der Waals surface area contributed by atoms with E-state index in [0.29, 0.717) is 18.1 Å². The van der Waals surface area contributed by atoms with Gasteiger partial charge in [-0.25, -0.2) is 0 Å². The predicted octanol–water partition coefficient (Wildman–Crippen LogP) is 3.47. The largest absolute Gasteiger partial charge is 0.460 e. The van der Waals surface area contributed by atoms with Crippen LogP contribution < -0.4 is 10.6 Å². The average molecular weight is 792 g/mol. The van der Waals surface area contributed by atoms with Crippen molar-refractivity contribution < 1.29 is 52.8 Å². The van der Waals surface area contributed by atoms with Crippen molar-refractivity contribution >= 4 is 29.8 Å². The number of carbonyl (C=O) groups is 4. The highest BCUT2D eigenvalue weighted by Crippen LogP contribution is 2.63. The van der Waals surface area contributed by atoms with Gasteiger partial charge in [0.05, 0.1) is 31.4 Å². The summed E-state index contributed by atoms with van der Waals surface area (Å²) in [6, 6.07) is 6.42. The molecule has 8 aliphatic rings. The minimum atomic E-state index is -1.35. The Hall–Kier alpha value is -3.40. The number of nitrogens with one attached hydrogen (secondary N) is 2. The second-order valence-electron chi connectivity index (χ2n) is 18.6. The predicted molar refractivity (Wildman–Crippen MR) is 202 cm³/mol. The highest BCUT2D eigenvalue weighted by molar-refractivity contribution is 5.94. The van der Waals surface area contributed by atoms with Gasteiger partial charge in [0.2, 0.25) is 11.8 Å². The Morgan fingerprint density at radius 3 is 2.51 bits per heavy atom. The number of benzene rings is 1. The summed E-state index contributed by atoms with van der Waals surface area (Å²) in [5, 5.41) is 17.2. The van der Waals surface area contributed by atoms with Crippen LogP contribution in [0.3, 0.4) is 0 Å². The molecule has 8 fully saturated rings. The lowest BCUT2D eigenvalue weighted by atomic mass is 9.62. The molecule has 1 aromatic carbocycles. The van der Waals surface area contributed by atoms with Crippen molar-refractivity contribution in [2.24, 2.45) is 23.2 Å². The number of amides is 2. The van der Waals surface area contributed by atoms with Crippen molar-refractivity contribution in [3.05, 3.63) is 41.5 Å². The maximum atomic E-state index is 14.7. The maximum absolute atomic E-state index is 14.7. The van der Waals surface area contributed by atoms with Gasteiger partial charge in [-0.3, -0.25) is 24.0 Å². The smallest absolute Gasteiger partial charge is 0.327 e. The van der Waals surface area contributed by atoms with Crippen LogP contribution in [0, 0.1) is 23.2 Å². The minimum Gasteiger partial charge on any atom is -0.460 e. The maximum Gasteiger partial charge on any atom is 0.327 e. The summed E-state index contributed by atoms with van der Waals surface area (Å²) < 4.78 is 31.0. The Morgan fingerprint density at radius 2 is 1.79 bits per heavy atom. The fourth-order valence-electron chi connectivity index (χ4n) is 10.1. The molecule has 4 heterocycles. The molecular formula is C43H57N3O11. The molecule has 57 heavy (non-hydrogen) atoms. The van der Waals surface area contributed by atoms with E-state index >= 15 is 0 Å². The van der Waals surface area contributed by atoms with E-state index in [-0.39, 0.29) is 57.2 Å². The van der Waals surface area contributed by atoms with Gasteiger partial charge < -0.3 is 39.4 Å². The summed E-state index contributed by atoms with van der Waals surface area (Å²) in [4.78, 5) is 60.8. The van der Waals surface area contributed by atoms with E-state index in [1.165, 1.54) is 0 Å². The lowest BCUT2D eigenvalue weighted by Gasteiger charge is -2.48. The molecule has 0 aromatic heterocycles. The molecular weight excluding hydrogens is 734 g/mol. The minimum absolute atomic E-state index is 0.0156. The fraction of sp³-hybridized carbons (Fsp3) is 0.721. The van der Waals surface area contributed by atoms with Crippen molar-refractivity contribution in [1.29, 1.82) is 0 Å². The molecule has 4 aliphatic heterocycles. The van der Waals surface area contributed by atoms with Crippen LogP contribution in [0.4, 0.5) is 0 Å². The molecule has 4 saturated heterocycles. The molecule has 2 bridgehead atoms. The Morgan fingerprint density at radius 1 is 1.02 bits per heavy atom. The van der Waals surface area contributed by atoms with Gasteiger partial charge in [-0.05, 0) is 89.2 Å². The molecule has 310 valence electrons. The number of aliphatic hydroxyl groups is 1. The van der Waals surface area contributed by atoms with Gasteiger partial charge in [-0.1, -0.05) is 36.4 Å². The number of carbonyl (C=O) groups excluding carboxylic acids is 4. The van der Waals surface area contributed by atoms with Gasteiger partial charge in [-0.2, -0.15) is 5.06 Å². The zero-order valence-electron chi connectivity index (χ0n) is 33.2. The third-order valence-corrected chi connectivity index (χ3v) is 13.1. The molecule has 14 nitrogen and oxygen atoms in total. The standard InChI is InChI=1S/C43H57N3O11/c1-41(2,3)54-34(49)16-14-29(23-47)45-33(48)17-18-44-40(51)42-21-32-35-36(56-43(55-35,27-10-11-27)28-12-13-28)38(42)57-46(37(42)39(50)53-32)22-26-6-4-5-24(19-26)7-8-25-9-15-30-31(20-25)52-30/h4-8,19,25,27-32,35-38,47H,9-18,20-23H2,1-3H3,(H,44,51)(H,45,48). The van der Waals surface area contributed by atoms with Crippen LogP contribution in [0.5, 0.6) is 0 Å². The molecule has 4 saturated carbocycles. The van der Waals surface area contributed by atoms with Gasteiger partial charge in [0.15, 0.2) is 11.8 Å². The number of hydroxylamine groups is 2. The number of esters is 2. The van der Waals surface area contributed by atoms with Crippen molar-refractivity contribution in [2.75, 3.05) is 13.2 Å². The zero-order valence-corrected chi connectivity index (χ0v) is 33.2. The number of hydrogen-bond acceptors (Lipinski definition) is 12. The molecule has 10 unspecified atom stereocenters. The van der Waals surface area contributed by atoms with Crippen LogP contribution in [0.25, 0.3) is 6.08 Å². The number of nitrogens with zero attached hydrogens (tertiary/aromatic N) is 1. The summed E-state index contributed by atoms with van der Waals surface area (Å²) in [7, 11) is 0. The number of hydrogen-bond donors (Lipinski definition) is 3. The van der Waals surface area contributed by atoms with Crippen LogP contribution >= 0.6 is 0 Å². The first-order valence-electron chi connectivity index (χ1n) is 21.2. The number of allylic oxidation sites excluding steroid dienone is 1. The number of rotatable bonds is 15. The fourth-order valence-corrected chi connectivity index (χ4v) is 10.1. The lowest BCUT2D eigenvalue weighted by molar-refractivity contribution is -0.235. The highest BCUT2D eigenvalue weighted by atomic mass is 16.8. The molecule has 9 rings (SSSR count). The van der Waals surface area contributed by atoms with Crippen LogP contribution in [-0.2, 0) is 54.2 Å². The van der Waals surface area contributed by atoms with Gasteiger partial charge in [0, 0.05) is 37.6 Å². The van der Waals surface area contributed by atoms with Crippen LogP contribution in [-0.4, -0.2) is 107 Å². The number of aliphatic hydroxyl groups excluding tert-OH is 1. The van der Waals surface area contributed by atoms with Crippen molar-refractivity contribution in [3.8, 4) is 0 Å². The first-order valence-corrected chi connectivity index (χ1v) is 21.2. The molecule has 0 radical (unpaired) electrons. The topological polar surface area (TPSA) is 174 Å². The van der Waals surface area contributed by atoms with E-state index < -0.39 is 77.1 Å². The third-order valence-electron chi connectivity index (χ3n) is 13.1. The first kappa shape index (κ1) is 39.1. The third kappa shape index (κ3) is 7.78. The van der Waals surface area contributed by atoms with Gasteiger partial charge in [0.1, 0.15) is 35.4 Å². The number of epoxide rings is 1. The van der Waals surface area contributed by atoms with Crippen LogP contribution in [0.2, 0.25) is 0 Å². The normalized spacial score (nSPS) is 35.5. The molecule has 1 aromatic rings. The zero-order chi connectivity index (χ0) is 39.7. The summed E-state index contributed by atoms with van der Waals surface area (Å²) in [6.45, 7) is 5.20. The highest BCUT2D eigenvalue weighted by Gasteiger charge is 2.78. The quantitative estimate of drug-likeness (QED) is 0.175. The monoisotopic (exact) mass is 791 g/mol. The number of fused-ring (bicyclic) bond motifs is 5. The van der Waals surface area contributed by atoms with E-state index in [2.05, 4.69) is 34.9 Å². The summed E-state index contributed by atoms with van der Waals surface area (Å²) in [5.41, 5.74) is -0.0287. The molecule has 4 aliphatic carbocycles. The van der Waals surface area contributed by atoms with E-state index in [9.17, 15) is 24.3 Å². The molecule has 2 amide bonds. The Balaban J connectivity index is 0.908. The second-order valence-corrected chi connectivity index (χ2v) is 18.6. The molecule has 3 N–H and O–H groups in total. The SMILES string of the molecule is CC(C)(C)OC(=O)CCC(CO)NC(=O)CCNC(=O)C12CC3OC(=O)C1N(Cc1cccc(C=CC4CCC5OC5C4)c1)OC2C1OC(C2CC2)(C2CC2)OC31. The van der Waals surface area contributed by atoms with E-state index in [1.54, 1.807) is 25.8 Å². The summed E-state index contributed by atoms with van der Waals surface area (Å²) in [5.74, 6) is -1.51. The second kappa shape index (κ2) is 15.0. The molecule has 14 heteroatoms. The average Bonchev–Trinajstić information content (AvgIpc) is 4.07. The van der Waals surface area contributed by atoms with Crippen molar-refractivity contribution in [2.45, 2.75) is 158 Å². The Bertz CT molecular complexity index is 1760. The van der Waals surface area contributed by atoms with Crippen molar-refractivity contribution in [3.63, 3.8) is 0 Å². The van der Waals surface area contributed by atoms with E-state index in [4.69, 9.17) is 28.5 Å². The van der Waals surface area contributed by atoms with Gasteiger partial charge >= 0.3 is 11.9 Å². The van der Waals surface area contributed by atoms with Crippen molar-refractivity contribution in [1.82, 2.24) is 15.7 Å². The van der Waals surface area contributed by atoms with Gasteiger partial charge in [-0.15, -0.1) is 0 Å².